The largest absolute Gasteiger partial charge is 0.368 e. The second kappa shape index (κ2) is 6.62. The SMILES string of the molecule is CC.CCC1CCOC(O)C1. The lowest BCUT2D eigenvalue weighted by atomic mass is 9.97. The zero-order chi connectivity index (χ0) is 8.69. The van der Waals surface area contributed by atoms with Crippen LogP contribution in [0, 0.1) is 5.92 Å². The maximum Gasteiger partial charge on any atom is 0.154 e. The zero-order valence-electron chi connectivity index (χ0n) is 7.84. The van der Waals surface area contributed by atoms with E-state index in [0.29, 0.717) is 5.92 Å². The highest BCUT2D eigenvalue weighted by atomic mass is 16.6. The highest BCUT2D eigenvalue weighted by Crippen LogP contribution is 2.20. The molecule has 2 atom stereocenters. The zero-order valence-corrected chi connectivity index (χ0v) is 7.84. The molecular weight excluding hydrogens is 140 g/mol. The standard InChI is InChI=1S/C7H14O2.C2H6/c1-2-6-3-4-9-7(8)5-6;1-2/h6-8H,2-5H2,1H3;1-2H3. The Bertz CT molecular complexity index is 83.6. The van der Waals surface area contributed by atoms with Gasteiger partial charge in [-0.3, -0.25) is 0 Å². The van der Waals surface area contributed by atoms with Gasteiger partial charge in [-0.1, -0.05) is 27.2 Å². The van der Waals surface area contributed by atoms with Crippen LogP contribution in [-0.4, -0.2) is 18.0 Å². The molecule has 2 unspecified atom stereocenters. The summed E-state index contributed by atoms with van der Waals surface area (Å²) in [6.07, 6.45) is 2.63. The number of aliphatic hydroxyl groups excluding tert-OH is 1. The molecule has 1 saturated heterocycles. The first kappa shape index (κ1) is 10.9. The first-order valence-electron chi connectivity index (χ1n) is 4.62. The van der Waals surface area contributed by atoms with Crippen LogP contribution in [0.3, 0.4) is 0 Å². The lowest BCUT2D eigenvalue weighted by Gasteiger charge is -2.24. The van der Waals surface area contributed by atoms with Crippen LogP contribution in [0.4, 0.5) is 0 Å². The molecule has 1 fully saturated rings. The van der Waals surface area contributed by atoms with Crippen LogP contribution in [0.1, 0.15) is 40.0 Å². The molecule has 11 heavy (non-hydrogen) atoms. The number of aliphatic hydroxyl groups is 1. The molecule has 2 nitrogen and oxygen atoms in total. The predicted molar refractivity (Wildman–Crippen MR) is 46.3 cm³/mol. The third-order valence-corrected chi connectivity index (χ3v) is 1.95. The summed E-state index contributed by atoms with van der Waals surface area (Å²) in [6.45, 7) is 6.89. The smallest absolute Gasteiger partial charge is 0.154 e. The van der Waals surface area contributed by atoms with Crippen molar-refractivity contribution in [1.29, 1.82) is 0 Å². The van der Waals surface area contributed by atoms with Gasteiger partial charge in [0, 0.05) is 13.0 Å². The first-order chi connectivity index (χ1) is 5.33. The fourth-order valence-electron chi connectivity index (χ4n) is 1.21. The Morgan fingerprint density at radius 1 is 1.45 bits per heavy atom. The van der Waals surface area contributed by atoms with Crippen molar-refractivity contribution < 1.29 is 9.84 Å². The molecule has 0 radical (unpaired) electrons. The Labute approximate surface area is 69.6 Å². The van der Waals surface area contributed by atoms with Gasteiger partial charge in [0.25, 0.3) is 0 Å². The van der Waals surface area contributed by atoms with Crippen LogP contribution in [0.25, 0.3) is 0 Å². The summed E-state index contributed by atoms with van der Waals surface area (Å²) >= 11 is 0. The molecule has 0 aromatic rings. The summed E-state index contributed by atoms with van der Waals surface area (Å²) in [5, 5.41) is 8.99. The van der Waals surface area contributed by atoms with Gasteiger partial charge in [-0.2, -0.15) is 0 Å². The van der Waals surface area contributed by atoms with E-state index in [4.69, 9.17) is 9.84 Å². The van der Waals surface area contributed by atoms with Crippen molar-refractivity contribution in [1.82, 2.24) is 0 Å². The second-order valence-electron chi connectivity index (χ2n) is 2.62. The number of rotatable bonds is 1. The van der Waals surface area contributed by atoms with Crippen LogP contribution >= 0.6 is 0 Å². The summed E-state index contributed by atoms with van der Waals surface area (Å²) in [6, 6.07) is 0. The van der Waals surface area contributed by atoms with Gasteiger partial charge in [-0.15, -0.1) is 0 Å². The molecule has 1 heterocycles. The molecule has 68 valence electrons. The van der Waals surface area contributed by atoms with Gasteiger partial charge in [0.1, 0.15) is 0 Å². The van der Waals surface area contributed by atoms with Crippen LogP contribution in [0.2, 0.25) is 0 Å². The molecule has 0 aliphatic carbocycles. The Hall–Kier alpha value is -0.0800. The molecule has 1 N–H and O–H groups in total. The van der Waals surface area contributed by atoms with E-state index >= 15 is 0 Å². The normalized spacial score (nSPS) is 30.5. The van der Waals surface area contributed by atoms with E-state index in [1.165, 1.54) is 6.42 Å². The summed E-state index contributed by atoms with van der Waals surface area (Å²) in [7, 11) is 0. The maximum absolute atomic E-state index is 8.99. The van der Waals surface area contributed by atoms with Gasteiger partial charge < -0.3 is 9.84 Å². The minimum absolute atomic E-state index is 0.483. The van der Waals surface area contributed by atoms with E-state index in [2.05, 4.69) is 6.92 Å². The minimum atomic E-state index is -0.483. The van der Waals surface area contributed by atoms with Crippen LogP contribution in [0.5, 0.6) is 0 Å². The molecule has 0 amide bonds. The third-order valence-electron chi connectivity index (χ3n) is 1.95. The van der Waals surface area contributed by atoms with Crippen LogP contribution in [-0.2, 0) is 4.74 Å². The van der Waals surface area contributed by atoms with Crippen molar-refractivity contribution in [2.24, 2.45) is 5.92 Å². The van der Waals surface area contributed by atoms with E-state index in [9.17, 15) is 0 Å². The molecule has 0 spiro atoms. The number of hydrogen-bond donors (Lipinski definition) is 1. The van der Waals surface area contributed by atoms with Crippen molar-refractivity contribution in [3.05, 3.63) is 0 Å². The van der Waals surface area contributed by atoms with Crippen molar-refractivity contribution in [3.8, 4) is 0 Å². The van der Waals surface area contributed by atoms with E-state index in [0.717, 1.165) is 19.4 Å². The van der Waals surface area contributed by atoms with Gasteiger partial charge in [0.2, 0.25) is 0 Å². The molecule has 1 aliphatic rings. The minimum Gasteiger partial charge on any atom is -0.368 e. The summed E-state index contributed by atoms with van der Waals surface area (Å²) in [5.41, 5.74) is 0. The van der Waals surface area contributed by atoms with Gasteiger partial charge in [-0.05, 0) is 12.3 Å². The fraction of sp³-hybridized carbons (Fsp3) is 1.00. The summed E-state index contributed by atoms with van der Waals surface area (Å²) < 4.78 is 4.97. The van der Waals surface area contributed by atoms with Gasteiger partial charge in [0.15, 0.2) is 6.29 Å². The van der Waals surface area contributed by atoms with Crippen LogP contribution in [0.15, 0.2) is 0 Å². The average molecular weight is 160 g/mol. The van der Waals surface area contributed by atoms with Crippen molar-refractivity contribution >= 4 is 0 Å². The van der Waals surface area contributed by atoms with E-state index in [-0.39, 0.29) is 0 Å². The Balaban J connectivity index is 0.000000461. The van der Waals surface area contributed by atoms with Crippen LogP contribution < -0.4 is 0 Å². The van der Waals surface area contributed by atoms with Crippen molar-refractivity contribution in [2.75, 3.05) is 6.61 Å². The molecule has 0 bridgehead atoms. The Morgan fingerprint density at radius 2 is 2.09 bits per heavy atom. The van der Waals surface area contributed by atoms with E-state index in [1.54, 1.807) is 0 Å². The predicted octanol–water partition coefficient (Wildman–Crippen LogP) is 2.17. The molecular formula is C9H20O2. The fourth-order valence-corrected chi connectivity index (χ4v) is 1.21. The molecule has 1 rings (SSSR count). The summed E-state index contributed by atoms with van der Waals surface area (Å²) in [4.78, 5) is 0. The highest BCUT2D eigenvalue weighted by Gasteiger charge is 2.18. The van der Waals surface area contributed by atoms with Gasteiger partial charge in [0.05, 0.1) is 0 Å². The maximum atomic E-state index is 8.99. The number of hydrogen-bond acceptors (Lipinski definition) is 2. The lowest BCUT2D eigenvalue weighted by Crippen LogP contribution is -2.24. The first-order valence-corrected chi connectivity index (χ1v) is 4.62. The van der Waals surface area contributed by atoms with Crippen molar-refractivity contribution in [3.63, 3.8) is 0 Å². The quantitative estimate of drug-likeness (QED) is 0.637. The monoisotopic (exact) mass is 160 g/mol. The van der Waals surface area contributed by atoms with Gasteiger partial charge in [-0.25, -0.2) is 0 Å². The molecule has 0 aromatic carbocycles. The van der Waals surface area contributed by atoms with E-state index < -0.39 is 6.29 Å². The van der Waals surface area contributed by atoms with Crippen molar-refractivity contribution in [2.45, 2.75) is 46.3 Å². The Kier molecular flexibility index (Phi) is 6.57. The molecule has 0 saturated carbocycles. The van der Waals surface area contributed by atoms with Gasteiger partial charge >= 0.3 is 0 Å². The topological polar surface area (TPSA) is 29.5 Å². The third kappa shape index (κ3) is 4.38. The molecule has 1 aliphatic heterocycles. The Morgan fingerprint density at radius 3 is 2.45 bits per heavy atom. The molecule has 0 aromatic heterocycles. The highest BCUT2D eigenvalue weighted by molar-refractivity contribution is 4.63. The second-order valence-corrected chi connectivity index (χ2v) is 2.62. The lowest BCUT2D eigenvalue weighted by molar-refractivity contribution is -0.138. The van der Waals surface area contributed by atoms with E-state index in [1.807, 2.05) is 13.8 Å². The average Bonchev–Trinajstić information content (AvgIpc) is 2.08. The number of ether oxygens (including phenoxy) is 1. The molecule has 2 heteroatoms. The summed E-state index contributed by atoms with van der Waals surface area (Å²) in [5.74, 6) is 0.689.